The highest BCUT2D eigenvalue weighted by atomic mass is 35.5. The maximum atomic E-state index is 10.8. The van der Waals surface area contributed by atoms with Crippen LogP contribution in [0.4, 0.5) is 0 Å². The molecule has 0 N–H and O–H groups in total. The minimum absolute atomic E-state index is 0.0478. The summed E-state index contributed by atoms with van der Waals surface area (Å²) in [6.07, 6.45) is 0. The van der Waals surface area contributed by atoms with E-state index in [-0.39, 0.29) is 5.92 Å². The zero-order chi connectivity index (χ0) is 8.15. The van der Waals surface area contributed by atoms with E-state index >= 15 is 0 Å². The maximum absolute atomic E-state index is 10.8. The van der Waals surface area contributed by atoms with Gasteiger partial charge in [0.05, 0.1) is 5.41 Å². The zero-order valence-corrected chi connectivity index (χ0v) is 7.89. The van der Waals surface area contributed by atoms with Crippen molar-refractivity contribution in [1.82, 2.24) is 0 Å². The molecule has 1 aliphatic carbocycles. The van der Waals surface area contributed by atoms with E-state index in [0.717, 1.165) is 0 Å². The molecule has 0 aromatic carbocycles. The highest BCUT2D eigenvalue weighted by molar-refractivity contribution is 6.68. The first-order valence-electron chi connectivity index (χ1n) is 2.93. The average Bonchev–Trinajstić information content (AvgIpc) is 2.16. The van der Waals surface area contributed by atoms with Crippen molar-refractivity contribution in [3.63, 3.8) is 0 Å². The van der Waals surface area contributed by atoms with Crippen molar-refractivity contribution >= 4 is 40.0 Å². The number of hydrogen-bond acceptors (Lipinski definition) is 1. The summed E-state index contributed by atoms with van der Waals surface area (Å²) in [5.41, 5.74) is -0.738. The first-order chi connectivity index (χ1) is 4.35. The molecule has 4 heteroatoms. The van der Waals surface area contributed by atoms with Crippen LogP contribution in [0.15, 0.2) is 0 Å². The van der Waals surface area contributed by atoms with Gasteiger partial charge in [0.25, 0.3) is 0 Å². The van der Waals surface area contributed by atoms with Crippen LogP contribution in [0.5, 0.6) is 0 Å². The molecule has 0 saturated heterocycles. The van der Waals surface area contributed by atoms with Crippen molar-refractivity contribution < 1.29 is 4.79 Å². The fourth-order valence-electron chi connectivity index (χ4n) is 1.04. The van der Waals surface area contributed by atoms with E-state index in [4.69, 9.17) is 34.8 Å². The Labute approximate surface area is 74.6 Å². The molecule has 10 heavy (non-hydrogen) atoms. The molecule has 1 fully saturated rings. The van der Waals surface area contributed by atoms with Gasteiger partial charge in [-0.2, -0.15) is 0 Å². The van der Waals surface area contributed by atoms with Crippen LogP contribution in [-0.2, 0) is 4.79 Å². The maximum Gasteiger partial charge on any atom is 0.230 e. The van der Waals surface area contributed by atoms with Gasteiger partial charge in [0.15, 0.2) is 0 Å². The predicted molar refractivity (Wildman–Crippen MR) is 42.6 cm³/mol. The van der Waals surface area contributed by atoms with Crippen molar-refractivity contribution in [2.45, 2.75) is 18.2 Å². The summed E-state index contributed by atoms with van der Waals surface area (Å²) in [4.78, 5) is 10.8. The Bertz CT molecular complexity index is 189. The Hall–Kier alpha value is 0.540. The molecular formula is C6H7Cl3O. The predicted octanol–water partition coefficient (Wildman–Crippen LogP) is 2.58. The summed E-state index contributed by atoms with van der Waals surface area (Å²) in [5, 5.41) is -0.454. The smallest absolute Gasteiger partial charge is 0.230 e. The second kappa shape index (κ2) is 2.02. The monoisotopic (exact) mass is 200 g/mol. The molecule has 2 atom stereocenters. The van der Waals surface area contributed by atoms with Crippen molar-refractivity contribution in [3.8, 4) is 0 Å². The van der Waals surface area contributed by atoms with Gasteiger partial charge in [0, 0.05) is 5.92 Å². The number of rotatable bonds is 1. The van der Waals surface area contributed by atoms with Gasteiger partial charge in [0.2, 0.25) is 5.24 Å². The SMILES string of the molecule is C[C@@H]1C(Cl)(Cl)[C@]1(C)C(=O)Cl. The Morgan fingerprint density at radius 3 is 1.80 bits per heavy atom. The second-order valence-electron chi connectivity index (χ2n) is 2.82. The minimum Gasteiger partial charge on any atom is -0.281 e. The van der Waals surface area contributed by atoms with Gasteiger partial charge in [-0.3, -0.25) is 4.79 Å². The van der Waals surface area contributed by atoms with E-state index < -0.39 is 15.0 Å². The summed E-state index contributed by atoms with van der Waals surface area (Å²) in [5.74, 6) is -0.0478. The highest BCUT2D eigenvalue weighted by Gasteiger charge is 2.74. The van der Waals surface area contributed by atoms with E-state index in [0.29, 0.717) is 0 Å². The van der Waals surface area contributed by atoms with Crippen LogP contribution in [0.1, 0.15) is 13.8 Å². The lowest BCUT2D eigenvalue weighted by Gasteiger charge is -2.02. The molecule has 0 heterocycles. The second-order valence-corrected chi connectivity index (χ2v) is 4.55. The lowest BCUT2D eigenvalue weighted by atomic mass is 10.1. The third-order valence-electron chi connectivity index (χ3n) is 2.43. The molecular weight excluding hydrogens is 194 g/mol. The van der Waals surface area contributed by atoms with E-state index in [1.54, 1.807) is 13.8 Å². The third-order valence-corrected chi connectivity index (χ3v) is 4.26. The molecule has 0 unspecified atom stereocenters. The molecule has 0 amide bonds. The van der Waals surface area contributed by atoms with E-state index in [9.17, 15) is 4.79 Å². The van der Waals surface area contributed by atoms with E-state index in [1.807, 2.05) is 0 Å². The summed E-state index contributed by atoms with van der Waals surface area (Å²) >= 11 is 16.8. The lowest BCUT2D eigenvalue weighted by Crippen LogP contribution is -2.12. The van der Waals surface area contributed by atoms with Crippen LogP contribution in [-0.4, -0.2) is 9.58 Å². The normalized spacial score (nSPS) is 43.1. The van der Waals surface area contributed by atoms with Gasteiger partial charge in [-0.15, -0.1) is 23.2 Å². The van der Waals surface area contributed by atoms with Crippen molar-refractivity contribution in [1.29, 1.82) is 0 Å². The number of alkyl halides is 2. The van der Waals surface area contributed by atoms with Gasteiger partial charge in [0.1, 0.15) is 4.33 Å². The molecule has 0 aliphatic heterocycles. The van der Waals surface area contributed by atoms with E-state index in [2.05, 4.69) is 0 Å². The third kappa shape index (κ3) is 0.744. The Kier molecular flexibility index (Phi) is 1.75. The molecule has 1 rings (SSSR count). The van der Waals surface area contributed by atoms with Crippen LogP contribution in [0.25, 0.3) is 0 Å². The first-order valence-corrected chi connectivity index (χ1v) is 4.06. The van der Waals surface area contributed by atoms with Gasteiger partial charge >= 0.3 is 0 Å². The summed E-state index contributed by atoms with van der Waals surface area (Å²) < 4.78 is -0.953. The van der Waals surface area contributed by atoms with Crippen LogP contribution < -0.4 is 0 Å². The molecule has 0 aromatic rings. The van der Waals surface area contributed by atoms with Gasteiger partial charge in [-0.05, 0) is 18.5 Å². The molecule has 0 bridgehead atoms. The molecule has 1 nitrogen and oxygen atoms in total. The summed E-state index contributed by atoms with van der Waals surface area (Å²) in [6, 6.07) is 0. The van der Waals surface area contributed by atoms with Crippen molar-refractivity contribution in [2.24, 2.45) is 11.3 Å². The number of carbonyl (C=O) groups excluding carboxylic acids is 1. The van der Waals surface area contributed by atoms with Crippen molar-refractivity contribution in [2.75, 3.05) is 0 Å². The number of carbonyl (C=O) groups is 1. The molecule has 0 spiro atoms. The summed E-state index contributed by atoms with van der Waals surface area (Å²) in [6.45, 7) is 3.48. The molecule has 58 valence electrons. The first kappa shape index (κ1) is 8.63. The fraction of sp³-hybridized carbons (Fsp3) is 0.833. The Balaban J connectivity index is 2.88. The van der Waals surface area contributed by atoms with Crippen LogP contribution in [0, 0.1) is 11.3 Å². The molecule has 0 radical (unpaired) electrons. The number of halogens is 3. The fourth-order valence-corrected chi connectivity index (χ4v) is 2.27. The van der Waals surface area contributed by atoms with Crippen LogP contribution >= 0.6 is 34.8 Å². The van der Waals surface area contributed by atoms with E-state index in [1.165, 1.54) is 0 Å². The van der Waals surface area contributed by atoms with Crippen molar-refractivity contribution in [3.05, 3.63) is 0 Å². The quantitative estimate of drug-likeness (QED) is 0.471. The van der Waals surface area contributed by atoms with Gasteiger partial charge in [-0.1, -0.05) is 6.92 Å². The standard InChI is InChI=1S/C6H7Cl3O/c1-3-5(2,4(7)10)6(3,8)9/h3H,1-2H3/t3-,5-/m0/s1. The summed E-state index contributed by atoms with van der Waals surface area (Å²) in [7, 11) is 0. The van der Waals surface area contributed by atoms with Gasteiger partial charge < -0.3 is 0 Å². The largest absolute Gasteiger partial charge is 0.281 e. The highest BCUT2D eigenvalue weighted by Crippen LogP contribution is 2.69. The van der Waals surface area contributed by atoms with Crippen LogP contribution in [0.3, 0.4) is 0 Å². The zero-order valence-electron chi connectivity index (χ0n) is 5.62. The molecule has 0 aromatic heterocycles. The Morgan fingerprint density at radius 2 is 1.80 bits per heavy atom. The lowest BCUT2D eigenvalue weighted by molar-refractivity contribution is -0.116. The number of hydrogen-bond donors (Lipinski definition) is 0. The average molecular weight is 201 g/mol. The Morgan fingerprint density at radius 1 is 1.50 bits per heavy atom. The van der Waals surface area contributed by atoms with Crippen LogP contribution in [0.2, 0.25) is 0 Å². The molecule has 1 saturated carbocycles. The van der Waals surface area contributed by atoms with Gasteiger partial charge in [-0.25, -0.2) is 0 Å². The molecule has 1 aliphatic rings. The topological polar surface area (TPSA) is 17.1 Å². The minimum atomic E-state index is -0.953.